The van der Waals surface area contributed by atoms with Crippen molar-refractivity contribution < 1.29 is 0 Å². The number of rotatable bonds is 1. The Bertz CT molecular complexity index is 1010. The van der Waals surface area contributed by atoms with Gasteiger partial charge < -0.3 is 5.73 Å². The van der Waals surface area contributed by atoms with Crippen LogP contribution in [0.4, 0.5) is 5.69 Å². The number of nitrogens with zero attached hydrogens (tertiary/aromatic N) is 3. The highest BCUT2D eigenvalue weighted by atomic mass is 15.2. The number of fused-ring (bicyclic) bond motifs is 3. The fourth-order valence-electron chi connectivity index (χ4n) is 2.96. The highest BCUT2D eigenvalue weighted by Crippen LogP contribution is 2.28. The van der Waals surface area contributed by atoms with Crippen molar-refractivity contribution in [1.82, 2.24) is 14.6 Å². The van der Waals surface area contributed by atoms with Gasteiger partial charge in [0.2, 0.25) is 0 Å². The van der Waals surface area contributed by atoms with Crippen LogP contribution >= 0.6 is 0 Å². The lowest BCUT2D eigenvalue weighted by atomic mass is 10.1. The van der Waals surface area contributed by atoms with Gasteiger partial charge in [-0.15, -0.1) is 10.2 Å². The number of anilines is 1. The molecule has 0 saturated heterocycles. The first-order valence-electron chi connectivity index (χ1n) is 7.25. The molecule has 0 aliphatic heterocycles. The van der Waals surface area contributed by atoms with Gasteiger partial charge in [-0.05, 0) is 49.2 Å². The van der Waals surface area contributed by atoms with Crippen LogP contribution < -0.4 is 5.73 Å². The smallest absolute Gasteiger partial charge is 0.169 e. The Morgan fingerprint density at radius 1 is 0.909 bits per heavy atom. The molecular weight excluding hydrogens is 272 g/mol. The maximum absolute atomic E-state index is 5.96. The third kappa shape index (κ3) is 1.77. The second-order valence-corrected chi connectivity index (χ2v) is 5.64. The van der Waals surface area contributed by atoms with E-state index in [1.165, 1.54) is 10.9 Å². The molecule has 4 heteroatoms. The van der Waals surface area contributed by atoms with E-state index >= 15 is 0 Å². The molecular formula is C18H16N4. The number of para-hydroxylation sites is 1. The highest BCUT2D eigenvalue weighted by Gasteiger charge is 2.14. The minimum Gasteiger partial charge on any atom is -0.399 e. The highest BCUT2D eigenvalue weighted by molar-refractivity contribution is 5.87. The zero-order valence-electron chi connectivity index (χ0n) is 12.5. The first-order valence-corrected chi connectivity index (χ1v) is 7.25. The van der Waals surface area contributed by atoms with Crippen LogP contribution in [0.5, 0.6) is 0 Å². The summed E-state index contributed by atoms with van der Waals surface area (Å²) in [5, 5.41) is 9.97. The van der Waals surface area contributed by atoms with E-state index in [0.29, 0.717) is 0 Å². The molecule has 2 aromatic carbocycles. The summed E-state index contributed by atoms with van der Waals surface area (Å²) in [7, 11) is 0. The molecule has 0 aliphatic rings. The molecule has 108 valence electrons. The van der Waals surface area contributed by atoms with E-state index in [9.17, 15) is 0 Å². The molecule has 0 fully saturated rings. The molecule has 0 atom stereocenters. The number of aromatic nitrogens is 3. The first kappa shape index (κ1) is 12.8. The lowest BCUT2D eigenvalue weighted by molar-refractivity contribution is 1.11. The maximum atomic E-state index is 5.96. The lowest BCUT2D eigenvalue weighted by Crippen LogP contribution is -1.96. The Morgan fingerprint density at radius 2 is 1.73 bits per heavy atom. The number of benzene rings is 2. The average Bonchev–Trinajstić information content (AvgIpc) is 2.94. The van der Waals surface area contributed by atoms with Crippen molar-refractivity contribution in [2.45, 2.75) is 13.8 Å². The molecule has 22 heavy (non-hydrogen) atoms. The Balaban J connectivity index is 2.16. The SMILES string of the molecule is Cc1ccc(N)cc1-c1nnc2cc(C)c3ccccc3n12. The summed E-state index contributed by atoms with van der Waals surface area (Å²) in [4.78, 5) is 0. The molecule has 4 aromatic rings. The summed E-state index contributed by atoms with van der Waals surface area (Å²) in [6.07, 6.45) is 0. The summed E-state index contributed by atoms with van der Waals surface area (Å²) < 4.78 is 2.10. The monoisotopic (exact) mass is 288 g/mol. The molecule has 0 bridgehead atoms. The predicted octanol–water partition coefficient (Wildman–Crippen LogP) is 3.75. The van der Waals surface area contributed by atoms with Gasteiger partial charge in [0.1, 0.15) is 0 Å². The van der Waals surface area contributed by atoms with Gasteiger partial charge in [-0.1, -0.05) is 24.3 Å². The average molecular weight is 288 g/mol. The van der Waals surface area contributed by atoms with Gasteiger partial charge in [-0.2, -0.15) is 0 Å². The summed E-state index contributed by atoms with van der Waals surface area (Å²) in [6, 6.07) is 16.3. The van der Waals surface area contributed by atoms with Gasteiger partial charge in [0.15, 0.2) is 11.5 Å². The van der Waals surface area contributed by atoms with Crippen molar-refractivity contribution in [2.75, 3.05) is 5.73 Å². The normalized spacial score (nSPS) is 11.4. The van der Waals surface area contributed by atoms with Crippen LogP contribution in [-0.4, -0.2) is 14.6 Å². The van der Waals surface area contributed by atoms with E-state index in [-0.39, 0.29) is 0 Å². The number of aryl methyl sites for hydroxylation is 2. The molecule has 0 saturated carbocycles. The molecule has 2 N–H and O–H groups in total. The van der Waals surface area contributed by atoms with Crippen molar-refractivity contribution in [2.24, 2.45) is 0 Å². The van der Waals surface area contributed by atoms with Crippen molar-refractivity contribution >= 4 is 22.2 Å². The van der Waals surface area contributed by atoms with Crippen LogP contribution in [0.2, 0.25) is 0 Å². The molecule has 4 nitrogen and oxygen atoms in total. The van der Waals surface area contributed by atoms with E-state index in [4.69, 9.17) is 5.73 Å². The van der Waals surface area contributed by atoms with Gasteiger partial charge in [0.05, 0.1) is 5.52 Å². The first-order chi connectivity index (χ1) is 10.6. The summed E-state index contributed by atoms with van der Waals surface area (Å²) in [6.45, 7) is 4.16. The van der Waals surface area contributed by atoms with E-state index in [2.05, 4.69) is 52.7 Å². The summed E-state index contributed by atoms with van der Waals surface area (Å²) >= 11 is 0. The van der Waals surface area contributed by atoms with Crippen LogP contribution in [0.3, 0.4) is 0 Å². The van der Waals surface area contributed by atoms with Crippen molar-refractivity contribution in [3.05, 3.63) is 59.7 Å². The number of hydrogen-bond acceptors (Lipinski definition) is 3. The Labute approximate surface area is 128 Å². The molecule has 0 amide bonds. The van der Waals surface area contributed by atoms with E-state index in [1.807, 2.05) is 24.3 Å². The van der Waals surface area contributed by atoms with Crippen LogP contribution in [0, 0.1) is 13.8 Å². The third-order valence-corrected chi connectivity index (χ3v) is 4.11. The largest absolute Gasteiger partial charge is 0.399 e. The zero-order valence-corrected chi connectivity index (χ0v) is 12.5. The minimum atomic E-state index is 0.730. The molecule has 0 unspecified atom stereocenters. The minimum absolute atomic E-state index is 0.730. The molecule has 0 aliphatic carbocycles. The molecule has 2 aromatic heterocycles. The van der Waals surface area contributed by atoms with Gasteiger partial charge in [0.25, 0.3) is 0 Å². The predicted molar refractivity (Wildman–Crippen MR) is 89.8 cm³/mol. The Morgan fingerprint density at radius 3 is 2.59 bits per heavy atom. The van der Waals surface area contributed by atoms with Crippen LogP contribution in [0.1, 0.15) is 11.1 Å². The topological polar surface area (TPSA) is 56.2 Å². The number of nitrogen functional groups attached to an aromatic ring is 1. The van der Waals surface area contributed by atoms with Gasteiger partial charge in [-0.3, -0.25) is 4.40 Å². The second-order valence-electron chi connectivity index (χ2n) is 5.64. The zero-order chi connectivity index (χ0) is 15.3. The summed E-state index contributed by atoms with van der Waals surface area (Å²) in [5.41, 5.74) is 12.0. The van der Waals surface area contributed by atoms with Gasteiger partial charge in [-0.25, -0.2) is 0 Å². The van der Waals surface area contributed by atoms with Crippen LogP contribution in [0.25, 0.3) is 27.9 Å². The van der Waals surface area contributed by atoms with E-state index in [1.54, 1.807) is 0 Å². The van der Waals surface area contributed by atoms with Gasteiger partial charge in [0, 0.05) is 16.6 Å². The quantitative estimate of drug-likeness (QED) is 0.543. The van der Waals surface area contributed by atoms with Gasteiger partial charge >= 0.3 is 0 Å². The van der Waals surface area contributed by atoms with Crippen molar-refractivity contribution in [3.63, 3.8) is 0 Å². The molecule has 0 spiro atoms. The Hall–Kier alpha value is -2.88. The number of pyridine rings is 1. The van der Waals surface area contributed by atoms with Crippen molar-refractivity contribution in [1.29, 1.82) is 0 Å². The standard InChI is InChI=1S/C18H16N4/c1-11-7-8-13(19)10-15(11)18-21-20-17-9-12(2)14-5-3-4-6-16(14)22(17)18/h3-10H,19H2,1-2H3. The van der Waals surface area contributed by atoms with E-state index < -0.39 is 0 Å². The number of nitrogens with two attached hydrogens (primary N) is 1. The number of hydrogen-bond donors (Lipinski definition) is 1. The fourth-order valence-corrected chi connectivity index (χ4v) is 2.96. The van der Waals surface area contributed by atoms with Crippen molar-refractivity contribution in [3.8, 4) is 11.4 Å². The molecule has 0 radical (unpaired) electrons. The van der Waals surface area contributed by atoms with E-state index in [0.717, 1.165) is 33.8 Å². The van der Waals surface area contributed by atoms with Crippen LogP contribution in [0.15, 0.2) is 48.5 Å². The third-order valence-electron chi connectivity index (χ3n) is 4.11. The second kappa shape index (κ2) is 4.56. The molecule has 4 rings (SSSR count). The maximum Gasteiger partial charge on any atom is 0.169 e. The summed E-state index contributed by atoms with van der Waals surface area (Å²) in [5.74, 6) is 0.830. The lowest BCUT2D eigenvalue weighted by Gasteiger charge is -2.09. The fraction of sp³-hybridized carbons (Fsp3) is 0.111. The molecule has 2 heterocycles. The Kier molecular flexibility index (Phi) is 2.66. The van der Waals surface area contributed by atoms with Crippen LogP contribution in [-0.2, 0) is 0 Å².